The summed E-state index contributed by atoms with van der Waals surface area (Å²) < 4.78 is 9.80. The molecule has 1 aromatic heterocycles. The molecule has 0 spiro atoms. The van der Waals surface area contributed by atoms with E-state index in [2.05, 4.69) is 26.1 Å². The van der Waals surface area contributed by atoms with E-state index in [-0.39, 0.29) is 31.6 Å². The molecule has 0 bridgehead atoms. The lowest BCUT2D eigenvalue weighted by Crippen LogP contribution is -2.47. The fourth-order valence-corrected chi connectivity index (χ4v) is 2.94. The number of carbonyl (C=O) groups is 3. The van der Waals surface area contributed by atoms with Crippen LogP contribution >= 0.6 is 0 Å². The van der Waals surface area contributed by atoms with Crippen molar-refractivity contribution >= 4 is 34.6 Å². The lowest BCUT2D eigenvalue weighted by molar-refractivity contribution is -0.146. The maximum absolute atomic E-state index is 12.2. The molecule has 0 aliphatic carbocycles. The van der Waals surface area contributed by atoms with Gasteiger partial charge in [-0.2, -0.15) is 5.10 Å². The SMILES string of the molecule is CCOC(=O)CCC(NC(=O)NCCCNc1n[nH]c(=O)c2ccccc12)C(=O)OCC. The van der Waals surface area contributed by atoms with Gasteiger partial charge in [0.2, 0.25) is 0 Å². The van der Waals surface area contributed by atoms with Gasteiger partial charge in [-0.1, -0.05) is 18.2 Å². The molecular weight excluding hydrogens is 418 g/mol. The van der Waals surface area contributed by atoms with Crippen molar-refractivity contribution in [1.82, 2.24) is 20.8 Å². The van der Waals surface area contributed by atoms with Gasteiger partial charge in [-0.25, -0.2) is 14.7 Å². The topological polar surface area (TPSA) is 152 Å². The molecule has 0 aliphatic rings. The number of aromatic amines is 1. The molecule has 1 aromatic carbocycles. The van der Waals surface area contributed by atoms with Gasteiger partial charge in [0, 0.05) is 24.9 Å². The number of benzene rings is 1. The molecule has 0 saturated carbocycles. The summed E-state index contributed by atoms with van der Waals surface area (Å²) >= 11 is 0. The molecule has 0 saturated heterocycles. The largest absolute Gasteiger partial charge is 0.466 e. The van der Waals surface area contributed by atoms with Crippen LogP contribution in [0, 0.1) is 0 Å². The molecule has 2 aromatic rings. The molecule has 32 heavy (non-hydrogen) atoms. The molecule has 0 radical (unpaired) electrons. The zero-order chi connectivity index (χ0) is 23.3. The highest BCUT2D eigenvalue weighted by molar-refractivity contribution is 5.90. The molecule has 2 rings (SSSR count). The Bertz CT molecular complexity index is 977. The summed E-state index contributed by atoms with van der Waals surface area (Å²) in [5, 5.41) is 16.0. The monoisotopic (exact) mass is 447 g/mol. The number of esters is 2. The summed E-state index contributed by atoms with van der Waals surface area (Å²) in [5.74, 6) is -0.505. The van der Waals surface area contributed by atoms with E-state index in [1.165, 1.54) is 0 Å². The van der Waals surface area contributed by atoms with E-state index >= 15 is 0 Å². The van der Waals surface area contributed by atoms with Gasteiger partial charge < -0.3 is 25.4 Å². The molecule has 1 atom stereocenters. The van der Waals surface area contributed by atoms with E-state index in [4.69, 9.17) is 9.47 Å². The average Bonchev–Trinajstić information content (AvgIpc) is 2.78. The van der Waals surface area contributed by atoms with Gasteiger partial charge in [-0.3, -0.25) is 9.59 Å². The summed E-state index contributed by atoms with van der Waals surface area (Å²) in [6.45, 7) is 4.58. The zero-order valence-electron chi connectivity index (χ0n) is 18.2. The standard InChI is InChI=1S/C21H29N5O6/c1-3-31-17(27)11-10-16(20(29)32-4-2)24-21(30)23-13-7-12-22-18-14-8-5-6-9-15(14)19(28)26-25-18/h5-6,8-9,16H,3-4,7,10-13H2,1-2H3,(H,22,25)(H,26,28)(H2,23,24,30). The summed E-state index contributed by atoms with van der Waals surface area (Å²) in [5.41, 5.74) is -0.261. The first-order valence-electron chi connectivity index (χ1n) is 10.5. The first-order valence-corrected chi connectivity index (χ1v) is 10.5. The Morgan fingerprint density at radius 1 is 1.06 bits per heavy atom. The number of hydrogen-bond donors (Lipinski definition) is 4. The van der Waals surface area contributed by atoms with Crippen molar-refractivity contribution in [2.75, 3.05) is 31.6 Å². The lowest BCUT2D eigenvalue weighted by atomic mass is 10.1. The fraction of sp³-hybridized carbons (Fsp3) is 0.476. The van der Waals surface area contributed by atoms with Crippen LogP contribution in [0.25, 0.3) is 10.8 Å². The van der Waals surface area contributed by atoms with Gasteiger partial charge in [0.15, 0.2) is 5.82 Å². The van der Waals surface area contributed by atoms with Crippen LogP contribution in [0.4, 0.5) is 10.6 Å². The third kappa shape index (κ3) is 7.56. The number of ether oxygens (including phenoxy) is 2. The van der Waals surface area contributed by atoms with Gasteiger partial charge in [0.1, 0.15) is 6.04 Å². The highest BCUT2D eigenvalue weighted by Crippen LogP contribution is 2.16. The van der Waals surface area contributed by atoms with Gasteiger partial charge in [-0.05, 0) is 32.8 Å². The van der Waals surface area contributed by atoms with E-state index < -0.39 is 24.0 Å². The number of anilines is 1. The summed E-state index contributed by atoms with van der Waals surface area (Å²) in [6, 6.07) is 5.63. The van der Waals surface area contributed by atoms with Crippen molar-refractivity contribution in [3.63, 3.8) is 0 Å². The van der Waals surface area contributed by atoms with Gasteiger partial charge >= 0.3 is 18.0 Å². The number of rotatable bonds is 12. The zero-order valence-corrected chi connectivity index (χ0v) is 18.2. The summed E-state index contributed by atoms with van der Waals surface area (Å²) in [4.78, 5) is 47.6. The number of aromatic nitrogens is 2. The fourth-order valence-electron chi connectivity index (χ4n) is 2.94. The molecule has 11 heteroatoms. The van der Waals surface area contributed by atoms with Gasteiger partial charge in [0.25, 0.3) is 5.56 Å². The number of carbonyl (C=O) groups excluding carboxylic acids is 3. The molecule has 1 unspecified atom stereocenters. The van der Waals surface area contributed by atoms with E-state index in [0.29, 0.717) is 36.1 Å². The number of nitrogens with one attached hydrogen (secondary N) is 4. The average molecular weight is 447 g/mol. The Hall–Kier alpha value is -3.63. The molecule has 2 amide bonds. The highest BCUT2D eigenvalue weighted by Gasteiger charge is 2.23. The number of hydrogen-bond acceptors (Lipinski definition) is 8. The van der Waals surface area contributed by atoms with E-state index in [9.17, 15) is 19.2 Å². The number of H-pyrrole nitrogens is 1. The summed E-state index contributed by atoms with van der Waals surface area (Å²) in [6.07, 6.45) is 0.634. The van der Waals surface area contributed by atoms with Crippen molar-refractivity contribution in [1.29, 1.82) is 0 Å². The van der Waals surface area contributed by atoms with Crippen molar-refractivity contribution in [2.24, 2.45) is 0 Å². The smallest absolute Gasteiger partial charge is 0.328 e. The quantitative estimate of drug-likeness (QED) is 0.281. The number of amides is 2. The molecule has 174 valence electrons. The molecule has 11 nitrogen and oxygen atoms in total. The van der Waals surface area contributed by atoms with Crippen LogP contribution in [0.15, 0.2) is 29.1 Å². The highest BCUT2D eigenvalue weighted by atomic mass is 16.5. The van der Waals surface area contributed by atoms with E-state index in [1.54, 1.807) is 32.0 Å². The van der Waals surface area contributed by atoms with Crippen molar-refractivity contribution in [2.45, 2.75) is 39.2 Å². The Balaban J connectivity index is 1.78. The molecule has 0 fully saturated rings. The predicted molar refractivity (Wildman–Crippen MR) is 118 cm³/mol. The third-order valence-corrected chi connectivity index (χ3v) is 4.45. The minimum absolute atomic E-state index is 0.0123. The normalized spacial score (nSPS) is 11.4. The van der Waals surface area contributed by atoms with Crippen molar-refractivity contribution < 1.29 is 23.9 Å². The van der Waals surface area contributed by atoms with Crippen LogP contribution < -0.4 is 21.5 Å². The van der Waals surface area contributed by atoms with Crippen molar-refractivity contribution in [3.8, 4) is 0 Å². The van der Waals surface area contributed by atoms with Crippen LogP contribution in [0.1, 0.15) is 33.1 Å². The Kier molecular flexibility index (Phi) is 9.95. The number of nitrogens with zero attached hydrogens (tertiary/aromatic N) is 1. The number of urea groups is 1. The maximum atomic E-state index is 12.2. The lowest BCUT2D eigenvalue weighted by Gasteiger charge is -2.17. The van der Waals surface area contributed by atoms with Crippen LogP contribution in [0.2, 0.25) is 0 Å². The Morgan fingerprint density at radius 2 is 1.78 bits per heavy atom. The minimum atomic E-state index is -0.950. The van der Waals surface area contributed by atoms with Crippen LogP contribution in [-0.4, -0.2) is 60.5 Å². The third-order valence-electron chi connectivity index (χ3n) is 4.45. The molecule has 1 heterocycles. The Labute approximate surface area is 185 Å². The summed E-state index contributed by atoms with van der Waals surface area (Å²) in [7, 11) is 0. The maximum Gasteiger partial charge on any atom is 0.328 e. The second-order valence-corrected chi connectivity index (χ2v) is 6.78. The first kappa shape index (κ1) is 24.6. The van der Waals surface area contributed by atoms with Gasteiger partial charge in [0.05, 0.1) is 18.6 Å². The molecule has 4 N–H and O–H groups in total. The second kappa shape index (κ2) is 12.9. The number of fused-ring (bicyclic) bond motifs is 1. The van der Waals surface area contributed by atoms with Crippen molar-refractivity contribution in [3.05, 3.63) is 34.6 Å². The van der Waals surface area contributed by atoms with Gasteiger partial charge in [-0.15, -0.1) is 0 Å². The van der Waals surface area contributed by atoms with Crippen LogP contribution in [0.3, 0.4) is 0 Å². The predicted octanol–water partition coefficient (Wildman–Crippen LogP) is 1.30. The van der Waals surface area contributed by atoms with E-state index in [0.717, 1.165) is 0 Å². The minimum Gasteiger partial charge on any atom is -0.466 e. The van der Waals surface area contributed by atoms with Crippen LogP contribution in [0.5, 0.6) is 0 Å². The Morgan fingerprint density at radius 3 is 2.50 bits per heavy atom. The molecule has 0 aliphatic heterocycles. The second-order valence-electron chi connectivity index (χ2n) is 6.78. The van der Waals surface area contributed by atoms with E-state index in [1.807, 2.05) is 6.07 Å². The van der Waals surface area contributed by atoms with Crippen LogP contribution in [-0.2, 0) is 19.1 Å². The first-order chi connectivity index (χ1) is 15.5. The molecular formula is C21H29N5O6.